The molecule has 0 radical (unpaired) electrons. The van der Waals surface area contributed by atoms with Crippen LogP contribution < -0.4 is 0 Å². The minimum atomic E-state index is -4.79. The summed E-state index contributed by atoms with van der Waals surface area (Å²) in [5, 5.41) is 0.223. The van der Waals surface area contributed by atoms with E-state index in [0.717, 1.165) is 17.5 Å². The molecule has 0 fully saturated rings. The Morgan fingerprint density at radius 3 is 2.68 bits per heavy atom. The van der Waals surface area contributed by atoms with Gasteiger partial charge in [0.05, 0.1) is 16.6 Å². The Morgan fingerprint density at radius 2 is 2.00 bits per heavy atom. The molecule has 22 heavy (non-hydrogen) atoms. The molecule has 2 nitrogen and oxygen atoms in total. The second-order valence-corrected chi connectivity index (χ2v) is 6.43. The van der Waals surface area contributed by atoms with Crippen LogP contribution in [-0.4, -0.2) is 16.9 Å². The van der Waals surface area contributed by atoms with Gasteiger partial charge in [-0.2, -0.15) is 13.2 Å². The molecule has 120 valence electrons. The Bertz CT molecular complexity index is 648. The van der Waals surface area contributed by atoms with E-state index in [1.165, 1.54) is 36.2 Å². The average Bonchev–Trinajstić information content (AvgIpc) is 2.84. The van der Waals surface area contributed by atoms with Gasteiger partial charge in [-0.3, -0.25) is 4.79 Å². The molecule has 1 heterocycles. The molecular formula is C16H18F3NOS. The number of halogens is 3. The largest absolute Gasteiger partial charge is 0.450 e. The number of fused-ring (bicyclic) bond motifs is 1. The number of hydrogen-bond donors (Lipinski definition) is 0. The number of unbranched alkanes of at least 4 members (excludes halogenated alkanes) is 3. The number of aryl methyl sites for hydroxylation is 1. The number of aromatic nitrogens is 1. The van der Waals surface area contributed by atoms with Crippen LogP contribution in [0.25, 0.3) is 10.2 Å². The van der Waals surface area contributed by atoms with Gasteiger partial charge in [0.25, 0.3) is 0 Å². The van der Waals surface area contributed by atoms with Crippen LogP contribution in [0, 0.1) is 0 Å². The van der Waals surface area contributed by atoms with Gasteiger partial charge in [0.15, 0.2) is 0 Å². The molecule has 6 heteroatoms. The maximum atomic E-state index is 12.3. The summed E-state index contributed by atoms with van der Waals surface area (Å²) in [6.07, 6.45) is 0.193. The minimum Gasteiger partial charge on any atom is -0.289 e. The van der Waals surface area contributed by atoms with Crippen molar-refractivity contribution < 1.29 is 18.0 Å². The summed E-state index contributed by atoms with van der Waals surface area (Å²) >= 11 is 1.17. The molecule has 0 N–H and O–H groups in total. The van der Waals surface area contributed by atoms with Crippen LogP contribution in [0.2, 0.25) is 0 Å². The van der Waals surface area contributed by atoms with Crippen LogP contribution in [0.1, 0.15) is 43.2 Å². The number of Topliss-reactive ketones (excluding diaryl/α,β-unsaturated/α-hetero) is 1. The monoisotopic (exact) mass is 329 g/mol. The van der Waals surface area contributed by atoms with Gasteiger partial charge in [0, 0.05) is 0 Å². The van der Waals surface area contributed by atoms with E-state index in [4.69, 9.17) is 0 Å². The third kappa shape index (κ3) is 4.53. The average molecular weight is 329 g/mol. The molecule has 0 aliphatic heterocycles. The highest BCUT2D eigenvalue weighted by Gasteiger charge is 2.38. The summed E-state index contributed by atoms with van der Waals surface area (Å²) in [5.74, 6) is -1.74. The number of rotatable bonds is 7. The molecule has 0 amide bonds. The minimum absolute atomic E-state index is 0.223. The van der Waals surface area contributed by atoms with Gasteiger partial charge in [-0.15, -0.1) is 11.3 Å². The van der Waals surface area contributed by atoms with Crippen molar-refractivity contribution in [1.82, 2.24) is 4.98 Å². The highest BCUT2D eigenvalue weighted by atomic mass is 32.1. The fraction of sp³-hybridized carbons (Fsp3) is 0.500. The van der Waals surface area contributed by atoms with E-state index in [0.29, 0.717) is 5.52 Å². The van der Waals surface area contributed by atoms with Crippen LogP contribution in [0.4, 0.5) is 13.2 Å². The molecule has 0 unspecified atom stereocenters. The summed E-state index contributed by atoms with van der Waals surface area (Å²) < 4.78 is 37.7. The van der Waals surface area contributed by atoms with Gasteiger partial charge in [-0.1, -0.05) is 32.3 Å². The second kappa shape index (κ2) is 7.22. The number of hydrogen-bond acceptors (Lipinski definition) is 3. The van der Waals surface area contributed by atoms with Crippen molar-refractivity contribution in [3.05, 3.63) is 28.8 Å². The van der Waals surface area contributed by atoms with Crippen molar-refractivity contribution in [1.29, 1.82) is 0 Å². The van der Waals surface area contributed by atoms with E-state index < -0.39 is 18.4 Å². The highest BCUT2D eigenvalue weighted by Crippen LogP contribution is 2.26. The summed E-state index contributed by atoms with van der Waals surface area (Å²) in [6.45, 7) is 2.16. The first-order chi connectivity index (χ1) is 10.4. The Hall–Kier alpha value is -1.43. The third-order valence-electron chi connectivity index (χ3n) is 3.44. The zero-order valence-electron chi connectivity index (χ0n) is 12.4. The molecule has 0 spiro atoms. The fourth-order valence-electron chi connectivity index (χ4n) is 2.24. The highest BCUT2D eigenvalue weighted by molar-refractivity contribution is 7.18. The Balaban J connectivity index is 2.05. The van der Waals surface area contributed by atoms with Crippen molar-refractivity contribution in [3.8, 4) is 0 Å². The van der Waals surface area contributed by atoms with E-state index in [9.17, 15) is 18.0 Å². The van der Waals surface area contributed by atoms with E-state index in [1.807, 2.05) is 18.2 Å². The van der Waals surface area contributed by atoms with Crippen molar-refractivity contribution in [2.45, 2.75) is 51.6 Å². The Labute approximate surface area is 131 Å². The van der Waals surface area contributed by atoms with E-state index >= 15 is 0 Å². The molecule has 0 saturated carbocycles. The molecule has 0 atom stereocenters. The van der Waals surface area contributed by atoms with Gasteiger partial charge < -0.3 is 0 Å². The molecule has 0 bridgehead atoms. The SMILES string of the molecule is CCCCCCc1ccc2nc(CC(=O)C(F)(F)F)sc2c1. The van der Waals surface area contributed by atoms with Gasteiger partial charge in [0.2, 0.25) is 5.78 Å². The normalized spacial score (nSPS) is 12.0. The number of carbonyl (C=O) groups excluding carboxylic acids is 1. The number of benzene rings is 1. The van der Waals surface area contributed by atoms with Crippen LogP contribution >= 0.6 is 11.3 Å². The third-order valence-corrected chi connectivity index (χ3v) is 4.46. The fourth-order valence-corrected chi connectivity index (χ4v) is 3.27. The number of nitrogens with zero attached hydrogens (tertiary/aromatic N) is 1. The first-order valence-corrected chi connectivity index (χ1v) is 8.20. The maximum Gasteiger partial charge on any atom is 0.450 e. The van der Waals surface area contributed by atoms with Crippen molar-refractivity contribution in [2.24, 2.45) is 0 Å². The predicted octanol–water partition coefficient (Wildman–Crippen LogP) is 5.09. The number of carbonyl (C=O) groups is 1. The first kappa shape index (κ1) is 16.9. The molecule has 2 aromatic rings. The van der Waals surface area contributed by atoms with Crippen LogP contribution in [-0.2, 0) is 17.6 Å². The summed E-state index contributed by atoms with van der Waals surface area (Å²) in [6, 6.07) is 5.76. The first-order valence-electron chi connectivity index (χ1n) is 7.38. The predicted molar refractivity (Wildman–Crippen MR) is 82.2 cm³/mol. The lowest BCUT2D eigenvalue weighted by atomic mass is 10.1. The van der Waals surface area contributed by atoms with Gasteiger partial charge in [0.1, 0.15) is 5.01 Å². The molecule has 1 aromatic carbocycles. The van der Waals surface area contributed by atoms with Crippen LogP contribution in [0.5, 0.6) is 0 Å². The number of alkyl halides is 3. The Kier molecular flexibility index (Phi) is 5.56. The van der Waals surface area contributed by atoms with Crippen molar-refractivity contribution in [2.75, 3.05) is 0 Å². The van der Waals surface area contributed by atoms with Gasteiger partial charge in [-0.25, -0.2) is 4.98 Å². The zero-order chi connectivity index (χ0) is 16.2. The molecule has 0 saturated heterocycles. The Morgan fingerprint density at radius 1 is 1.23 bits per heavy atom. The van der Waals surface area contributed by atoms with Crippen molar-refractivity contribution >= 4 is 27.3 Å². The van der Waals surface area contributed by atoms with Crippen LogP contribution in [0.3, 0.4) is 0 Å². The molecule has 1 aromatic heterocycles. The molecular weight excluding hydrogens is 311 g/mol. The second-order valence-electron chi connectivity index (χ2n) is 5.32. The van der Waals surface area contributed by atoms with Gasteiger partial charge in [-0.05, 0) is 30.5 Å². The van der Waals surface area contributed by atoms with E-state index in [2.05, 4.69) is 11.9 Å². The lowest BCUT2D eigenvalue weighted by Gasteiger charge is -2.01. The van der Waals surface area contributed by atoms with Crippen molar-refractivity contribution in [3.63, 3.8) is 0 Å². The van der Waals surface area contributed by atoms with E-state index in [-0.39, 0.29) is 5.01 Å². The number of thiazole rings is 1. The maximum absolute atomic E-state index is 12.3. The van der Waals surface area contributed by atoms with Gasteiger partial charge >= 0.3 is 6.18 Å². The summed E-state index contributed by atoms with van der Waals surface area (Å²) in [7, 11) is 0. The molecule has 2 rings (SSSR count). The summed E-state index contributed by atoms with van der Waals surface area (Å²) in [5.41, 5.74) is 1.83. The van der Waals surface area contributed by atoms with E-state index in [1.54, 1.807) is 0 Å². The molecule has 0 aliphatic carbocycles. The van der Waals surface area contributed by atoms with Crippen LogP contribution in [0.15, 0.2) is 18.2 Å². The zero-order valence-corrected chi connectivity index (χ0v) is 13.2. The smallest absolute Gasteiger partial charge is 0.289 e. The quantitative estimate of drug-likeness (QED) is 0.662. The summed E-state index contributed by atoms with van der Waals surface area (Å²) in [4.78, 5) is 15.1. The lowest BCUT2D eigenvalue weighted by molar-refractivity contribution is -0.170. The lowest BCUT2D eigenvalue weighted by Crippen LogP contribution is -2.24. The topological polar surface area (TPSA) is 30.0 Å². The standard InChI is InChI=1S/C16H18F3NOS/c1-2-3-4-5-6-11-7-8-12-13(9-11)22-15(20-12)10-14(21)16(17,18)19/h7-9H,2-6,10H2,1H3. The number of ketones is 1. The molecule has 0 aliphatic rings.